The smallest absolute Gasteiger partial charge is 0.418 e. The Balaban J connectivity index is 2.32. The fourth-order valence-corrected chi connectivity index (χ4v) is 3.86. The van der Waals surface area contributed by atoms with E-state index in [9.17, 15) is 13.7 Å². The number of carbonyl (C=O) groups excluding carboxylic acids is 1. The first kappa shape index (κ1) is 21.4. The summed E-state index contributed by atoms with van der Waals surface area (Å²) in [5, 5.41) is 2.90. The molecule has 0 radical (unpaired) electrons. The number of carbonyl (C=O) groups is 1. The third kappa shape index (κ3) is 6.05. The van der Waals surface area contributed by atoms with Gasteiger partial charge in [-0.15, -0.1) is 4.72 Å². The van der Waals surface area contributed by atoms with Crippen LogP contribution in [0.1, 0.15) is 30.3 Å². The average molecular weight is 430 g/mol. The predicted molar refractivity (Wildman–Crippen MR) is 106 cm³/mol. The minimum Gasteiger partial charge on any atom is -0.593 e. The van der Waals surface area contributed by atoms with Crippen LogP contribution in [-0.2, 0) is 16.1 Å². The molecule has 27 heavy (non-hydrogen) atoms. The number of benzene rings is 1. The Kier molecular flexibility index (Phi) is 7.40. The van der Waals surface area contributed by atoms with Crippen LogP contribution in [0.3, 0.4) is 0 Å². The number of nitrogens with zero attached hydrogens (tertiary/aromatic N) is 1. The van der Waals surface area contributed by atoms with Crippen LogP contribution >= 0.6 is 22.9 Å². The molecule has 0 saturated heterocycles. The number of hydrogen-bond acceptors (Lipinski definition) is 6. The number of thiazole rings is 1. The molecule has 1 amide bonds. The van der Waals surface area contributed by atoms with Crippen LogP contribution in [0, 0.1) is 5.82 Å². The Morgan fingerprint density at radius 1 is 1.44 bits per heavy atom. The average Bonchev–Trinajstić information content (AvgIpc) is 3.00. The van der Waals surface area contributed by atoms with Crippen molar-refractivity contribution in [2.75, 3.05) is 5.32 Å². The van der Waals surface area contributed by atoms with Crippen molar-refractivity contribution in [1.29, 1.82) is 0 Å². The molecule has 2 rings (SSSR count). The number of halogens is 2. The lowest BCUT2D eigenvalue weighted by atomic mass is 10.1. The number of amides is 1. The molecule has 1 aromatic carbocycles. The van der Waals surface area contributed by atoms with Crippen molar-refractivity contribution < 1.29 is 18.5 Å². The van der Waals surface area contributed by atoms with Crippen molar-refractivity contribution in [3.05, 3.63) is 69.5 Å². The molecule has 2 aromatic rings. The molecule has 0 aliphatic rings. The third-order valence-electron chi connectivity index (χ3n) is 3.10. The van der Waals surface area contributed by atoms with Crippen LogP contribution in [0.25, 0.3) is 0 Å². The van der Waals surface area contributed by atoms with E-state index < -0.39 is 29.3 Å². The Morgan fingerprint density at radius 2 is 2.15 bits per heavy atom. The van der Waals surface area contributed by atoms with E-state index in [0.717, 1.165) is 11.3 Å². The van der Waals surface area contributed by atoms with Gasteiger partial charge in [0, 0.05) is 18.1 Å². The number of ether oxygens (including phenoxy) is 1. The second-order valence-electron chi connectivity index (χ2n) is 5.47. The first-order valence-corrected chi connectivity index (χ1v) is 9.90. The highest BCUT2D eigenvalue weighted by molar-refractivity contribution is 7.93. The minimum atomic E-state index is -1.57. The summed E-state index contributed by atoms with van der Waals surface area (Å²) in [4.78, 5) is 16.8. The number of hydrogen-bond donors (Lipinski definition) is 2. The number of nitrogens with one attached hydrogen (secondary N) is 2. The van der Waals surface area contributed by atoms with Crippen molar-refractivity contribution in [3.63, 3.8) is 0 Å². The normalized spacial score (nSPS) is 12.9. The Morgan fingerprint density at radius 3 is 2.74 bits per heavy atom. The van der Waals surface area contributed by atoms with Crippen molar-refractivity contribution in [1.82, 2.24) is 9.71 Å². The molecule has 144 valence electrons. The fraction of sp³-hybridized carbons (Fsp3) is 0.176. The molecule has 0 spiro atoms. The maximum absolute atomic E-state index is 13.4. The van der Waals surface area contributed by atoms with Gasteiger partial charge in [-0.1, -0.05) is 35.6 Å². The Labute approximate surface area is 168 Å². The molecular weight excluding hydrogens is 413 g/mol. The van der Waals surface area contributed by atoms with Crippen molar-refractivity contribution in [2.45, 2.75) is 19.9 Å². The van der Waals surface area contributed by atoms with Crippen LogP contribution in [0.15, 0.2) is 48.2 Å². The van der Waals surface area contributed by atoms with Gasteiger partial charge in [-0.3, -0.25) is 5.32 Å². The molecular formula is C17H17ClFN3O3S2. The number of aromatic nitrogens is 1. The molecule has 10 heteroatoms. The molecule has 0 aliphatic heterocycles. The number of allylic oxidation sites excluding steroid dienone is 2. The van der Waals surface area contributed by atoms with Gasteiger partial charge in [-0.25, -0.2) is 14.2 Å². The first-order chi connectivity index (χ1) is 12.7. The Hall–Kier alpha value is -1.91. The highest BCUT2D eigenvalue weighted by Crippen LogP contribution is 2.34. The molecule has 1 heterocycles. The zero-order chi connectivity index (χ0) is 20.1. The molecule has 0 saturated carbocycles. The monoisotopic (exact) mass is 429 g/mol. The minimum absolute atomic E-state index is 0.163. The Bertz CT molecular complexity index is 875. The summed E-state index contributed by atoms with van der Waals surface area (Å²) < 4.78 is 33.4. The van der Waals surface area contributed by atoms with Gasteiger partial charge in [-0.05, 0) is 31.2 Å². The fourth-order valence-electron chi connectivity index (χ4n) is 1.97. The summed E-state index contributed by atoms with van der Waals surface area (Å²) in [6, 6.07) is 3.26. The lowest BCUT2D eigenvalue weighted by molar-refractivity contribution is 0.192. The summed E-state index contributed by atoms with van der Waals surface area (Å²) >= 11 is 5.73. The topological polar surface area (TPSA) is 86.3 Å². The van der Waals surface area contributed by atoms with Gasteiger partial charge in [0.25, 0.3) is 0 Å². The van der Waals surface area contributed by atoms with E-state index in [1.54, 1.807) is 6.92 Å². The van der Waals surface area contributed by atoms with Gasteiger partial charge in [0.15, 0.2) is 5.13 Å². The summed E-state index contributed by atoms with van der Waals surface area (Å²) in [6.07, 6.45) is 0.770. The summed E-state index contributed by atoms with van der Waals surface area (Å²) in [7, 11) is 0. The molecule has 2 atom stereocenters. The molecule has 1 aromatic heterocycles. The van der Waals surface area contributed by atoms with Crippen LogP contribution in [0.2, 0.25) is 5.02 Å². The predicted octanol–water partition coefficient (Wildman–Crippen LogP) is 4.89. The van der Waals surface area contributed by atoms with Gasteiger partial charge in [0.05, 0.1) is 22.0 Å². The summed E-state index contributed by atoms with van der Waals surface area (Å²) in [6.45, 7) is 10.3. The largest absolute Gasteiger partial charge is 0.593 e. The van der Waals surface area contributed by atoms with E-state index in [-0.39, 0.29) is 15.9 Å². The second kappa shape index (κ2) is 9.34. The van der Waals surface area contributed by atoms with E-state index in [0.29, 0.717) is 15.3 Å². The molecule has 2 N–H and O–H groups in total. The maximum atomic E-state index is 13.4. The van der Waals surface area contributed by atoms with Crippen molar-refractivity contribution in [3.8, 4) is 0 Å². The highest BCUT2D eigenvalue weighted by Gasteiger charge is 2.26. The van der Waals surface area contributed by atoms with E-state index in [1.807, 2.05) is 0 Å². The van der Waals surface area contributed by atoms with Crippen LogP contribution < -0.4 is 10.0 Å². The van der Waals surface area contributed by atoms with Crippen LogP contribution in [0.4, 0.5) is 14.3 Å². The summed E-state index contributed by atoms with van der Waals surface area (Å²) in [5.41, 5.74) is 0.507. The first-order valence-electron chi connectivity index (χ1n) is 7.56. The van der Waals surface area contributed by atoms with E-state index in [4.69, 9.17) is 16.3 Å². The van der Waals surface area contributed by atoms with E-state index in [2.05, 4.69) is 28.2 Å². The van der Waals surface area contributed by atoms with Gasteiger partial charge >= 0.3 is 6.09 Å². The number of rotatable bonds is 7. The lowest BCUT2D eigenvalue weighted by Gasteiger charge is -2.20. The van der Waals surface area contributed by atoms with Gasteiger partial charge in [0.1, 0.15) is 16.8 Å². The SMILES string of the molecule is C=C(C)OC(=O)Nc1ncc(C(N[S@+]([O-])C(=C)C)c2ccc(F)cc2Cl)s1. The zero-order valence-electron chi connectivity index (χ0n) is 14.5. The zero-order valence-corrected chi connectivity index (χ0v) is 16.9. The second-order valence-corrected chi connectivity index (χ2v) is 8.41. The maximum Gasteiger partial charge on any atom is 0.418 e. The number of anilines is 1. The van der Waals surface area contributed by atoms with E-state index in [1.165, 1.54) is 31.3 Å². The van der Waals surface area contributed by atoms with Crippen LogP contribution in [-0.4, -0.2) is 15.6 Å². The molecule has 6 nitrogen and oxygen atoms in total. The lowest BCUT2D eigenvalue weighted by Crippen LogP contribution is -2.29. The summed E-state index contributed by atoms with van der Waals surface area (Å²) in [5.74, 6) is -0.253. The van der Waals surface area contributed by atoms with Gasteiger partial charge in [-0.2, -0.15) is 0 Å². The van der Waals surface area contributed by atoms with Crippen molar-refractivity contribution >= 4 is 45.5 Å². The van der Waals surface area contributed by atoms with Gasteiger partial charge in [0.2, 0.25) is 0 Å². The molecule has 1 unspecified atom stereocenters. The standard InChI is InChI=1S/C17H17ClFN3O3S2/c1-9(2)25-17(23)21-16-20-8-14(26-16)15(22-27(24)10(3)4)12-6-5-11(19)7-13(12)18/h5-8,15,22H,1,3H2,2,4H3,(H,20,21,23)/t15?,27-/m1/s1. The molecule has 0 fully saturated rings. The van der Waals surface area contributed by atoms with Gasteiger partial charge < -0.3 is 9.29 Å². The van der Waals surface area contributed by atoms with Crippen molar-refractivity contribution in [2.24, 2.45) is 0 Å². The molecule has 0 bridgehead atoms. The van der Waals surface area contributed by atoms with E-state index >= 15 is 0 Å². The highest BCUT2D eigenvalue weighted by atomic mass is 35.5. The third-order valence-corrected chi connectivity index (χ3v) is 5.49. The quantitative estimate of drug-likeness (QED) is 0.483. The van der Waals surface area contributed by atoms with Crippen LogP contribution in [0.5, 0.6) is 0 Å². The molecule has 0 aliphatic carbocycles.